The number of nitrogens with zero attached hydrogens (tertiary/aromatic N) is 1. The molecule has 1 N–H and O–H groups in total. The smallest absolute Gasteiger partial charge is 0.283 e. The Morgan fingerprint density at radius 2 is 1.48 bits per heavy atom. The molecular weight excluding hydrogens is 411 g/mol. The van der Waals surface area contributed by atoms with Gasteiger partial charge in [-0.1, -0.05) is 53.7 Å². The molecule has 0 atom stereocenters. The number of thioether (sulfide) groups is 1. The van der Waals surface area contributed by atoms with E-state index in [1.165, 1.54) is 12.1 Å². The van der Waals surface area contributed by atoms with Gasteiger partial charge in [-0.25, -0.2) is 9.29 Å². The Balaban J connectivity index is 1.76. The average molecular weight is 425 g/mol. The van der Waals surface area contributed by atoms with E-state index < -0.39 is 17.6 Å². The highest BCUT2D eigenvalue weighted by atomic mass is 35.5. The molecule has 0 unspecified atom stereocenters. The van der Waals surface area contributed by atoms with Crippen molar-refractivity contribution in [3.05, 3.63) is 100 Å². The van der Waals surface area contributed by atoms with Crippen LogP contribution in [0.1, 0.15) is 0 Å². The lowest BCUT2D eigenvalue weighted by molar-refractivity contribution is -0.120. The first kappa shape index (κ1) is 19.2. The number of rotatable bonds is 5. The number of carbonyl (C=O) groups excluding carboxylic acids is 2. The van der Waals surface area contributed by atoms with Crippen molar-refractivity contribution >= 4 is 46.6 Å². The summed E-state index contributed by atoms with van der Waals surface area (Å²) in [5.74, 6) is -1.53. The minimum Gasteiger partial charge on any atom is -0.348 e. The summed E-state index contributed by atoms with van der Waals surface area (Å²) in [5.41, 5.74) is 0.596. The van der Waals surface area contributed by atoms with Crippen molar-refractivity contribution in [2.75, 3.05) is 10.2 Å². The van der Waals surface area contributed by atoms with Gasteiger partial charge in [0.05, 0.1) is 11.4 Å². The van der Waals surface area contributed by atoms with Gasteiger partial charge in [0.25, 0.3) is 11.8 Å². The first-order valence-electron chi connectivity index (χ1n) is 8.67. The Morgan fingerprint density at radius 3 is 2.17 bits per heavy atom. The molecule has 144 valence electrons. The van der Waals surface area contributed by atoms with Gasteiger partial charge in [-0.15, -0.1) is 0 Å². The molecule has 0 aromatic heterocycles. The predicted octanol–water partition coefficient (Wildman–Crippen LogP) is 5.47. The van der Waals surface area contributed by atoms with Crippen LogP contribution in [0.4, 0.5) is 15.8 Å². The number of halogens is 2. The Labute approximate surface area is 176 Å². The van der Waals surface area contributed by atoms with E-state index in [0.29, 0.717) is 10.7 Å². The molecule has 1 aliphatic heterocycles. The fraction of sp³-hybridized carbons (Fsp3) is 0. The van der Waals surface area contributed by atoms with Crippen molar-refractivity contribution < 1.29 is 14.0 Å². The number of hydrogen-bond acceptors (Lipinski definition) is 4. The zero-order valence-electron chi connectivity index (χ0n) is 14.9. The third-order valence-corrected chi connectivity index (χ3v) is 5.57. The number of benzene rings is 3. The number of para-hydroxylation sites is 2. The maximum Gasteiger partial charge on any atom is 0.283 e. The topological polar surface area (TPSA) is 49.4 Å². The van der Waals surface area contributed by atoms with E-state index in [4.69, 9.17) is 11.6 Å². The fourth-order valence-electron chi connectivity index (χ4n) is 2.84. The molecule has 0 aliphatic carbocycles. The summed E-state index contributed by atoms with van der Waals surface area (Å²) < 4.78 is 14.2. The summed E-state index contributed by atoms with van der Waals surface area (Å²) in [7, 11) is 0. The highest BCUT2D eigenvalue weighted by Gasteiger charge is 2.40. The van der Waals surface area contributed by atoms with Crippen LogP contribution in [0.25, 0.3) is 0 Å². The summed E-state index contributed by atoms with van der Waals surface area (Å²) in [4.78, 5) is 28.3. The summed E-state index contributed by atoms with van der Waals surface area (Å²) >= 11 is 7.06. The van der Waals surface area contributed by atoms with Crippen LogP contribution in [-0.2, 0) is 9.59 Å². The van der Waals surface area contributed by atoms with Crippen LogP contribution < -0.4 is 10.2 Å². The molecule has 4 nitrogen and oxygen atoms in total. The second-order valence-corrected chi connectivity index (χ2v) is 7.67. The third kappa shape index (κ3) is 3.90. The number of anilines is 2. The quantitative estimate of drug-likeness (QED) is 0.552. The minimum absolute atomic E-state index is 0.0314. The molecule has 4 rings (SSSR count). The highest BCUT2D eigenvalue weighted by Crippen LogP contribution is 2.38. The molecular formula is C22H14ClFN2O2S. The van der Waals surface area contributed by atoms with Gasteiger partial charge in [-0.05, 0) is 48.5 Å². The van der Waals surface area contributed by atoms with Crippen molar-refractivity contribution in [1.29, 1.82) is 0 Å². The second kappa shape index (κ2) is 8.11. The molecule has 3 aromatic rings. The van der Waals surface area contributed by atoms with Gasteiger partial charge in [0.15, 0.2) is 0 Å². The van der Waals surface area contributed by atoms with Crippen molar-refractivity contribution in [2.24, 2.45) is 0 Å². The van der Waals surface area contributed by atoms with Gasteiger partial charge in [0, 0.05) is 9.92 Å². The number of nitrogens with one attached hydrogen (secondary N) is 1. The largest absolute Gasteiger partial charge is 0.348 e. The molecule has 0 spiro atoms. The van der Waals surface area contributed by atoms with E-state index >= 15 is 0 Å². The van der Waals surface area contributed by atoms with E-state index in [0.717, 1.165) is 21.6 Å². The molecule has 3 aromatic carbocycles. The Bertz CT molecular complexity index is 1120. The van der Waals surface area contributed by atoms with Gasteiger partial charge >= 0.3 is 0 Å². The number of carbonyl (C=O) groups is 2. The monoisotopic (exact) mass is 424 g/mol. The Morgan fingerprint density at radius 1 is 0.828 bits per heavy atom. The number of imide groups is 1. The van der Waals surface area contributed by atoms with Crippen LogP contribution in [0.15, 0.2) is 94.4 Å². The van der Waals surface area contributed by atoms with Crippen molar-refractivity contribution in [3.63, 3.8) is 0 Å². The molecule has 0 saturated carbocycles. The maximum atomic E-state index is 14.2. The Kier molecular flexibility index (Phi) is 5.38. The normalized spacial score (nSPS) is 13.9. The van der Waals surface area contributed by atoms with Gasteiger partial charge in [-0.3, -0.25) is 9.59 Å². The first-order chi connectivity index (χ1) is 14.0. The lowest BCUT2D eigenvalue weighted by Gasteiger charge is -2.15. The number of amides is 2. The van der Waals surface area contributed by atoms with Crippen LogP contribution >= 0.6 is 23.4 Å². The summed E-state index contributed by atoms with van der Waals surface area (Å²) in [5, 5.41) is 3.38. The summed E-state index contributed by atoms with van der Waals surface area (Å²) in [6.45, 7) is 0. The summed E-state index contributed by atoms with van der Waals surface area (Å²) in [6, 6.07) is 21.5. The highest BCUT2D eigenvalue weighted by molar-refractivity contribution is 8.04. The zero-order valence-corrected chi connectivity index (χ0v) is 16.5. The lowest BCUT2D eigenvalue weighted by atomic mass is 10.3. The SMILES string of the molecule is O=C1C(Nc2ccccc2F)=C(Sc2ccc(Cl)cc2)C(=O)N1c1ccccc1. The Hall–Kier alpha value is -3.09. The van der Waals surface area contributed by atoms with Crippen LogP contribution in [-0.4, -0.2) is 11.8 Å². The molecule has 1 aliphatic rings. The lowest BCUT2D eigenvalue weighted by Crippen LogP contribution is -2.32. The predicted molar refractivity (Wildman–Crippen MR) is 113 cm³/mol. The van der Waals surface area contributed by atoms with E-state index in [1.807, 2.05) is 0 Å². The van der Waals surface area contributed by atoms with Crippen LogP contribution in [0.3, 0.4) is 0 Å². The van der Waals surface area contributed by atoms with Crippen LogP contribution in [0.5, 0.6) is 0 Å². The molecule has 1 heterocycles. The van der Waals surface area contributed by atoms with Gasteiger partial charge < -0.3 is 5.32 Å². The third-order valence-electron chi connectivity index (χ3n) is 4.22. The van der Waals surface area contributed by atoms with Crippen LogP contribution in [0, 0.1) is 5.82 Å². The van der Waals surface area contributed by atoms with E-state index in [9.17, 15) is 14.0 Å². The molecule has 0 fully saturated rings. The van der Waals surface area contributed by atoms with E-state index in [-0.39, 0.29) is 16.3 Å². The van der Waals surface area contributed by atoms with Crippen molar-refractivity contribution in [3.8, 4) is 0 Å². The molecule has 7 heteroatoms. The van der Waals surface area contributed by atoms with Gasteiger partial charge in [0.1, 0.15) is 16.4 Å². The molecule has 0 saturated heterocycles. The van der Waals surface area contributed by atoms with Crippen molar-refractivity contribution in [1.82, 2.24) is 0 Å². The van der Waals surface area contributed by atoms with Crippen LogP contribution in [0.2, 0.25) is 5.02 Å². The van der Waals surface area contributed by atoms with Gasteiger partial charge in [0.2, 0.25) is 0 Å². The molecule has 0 bridgehead atoms. The standard InChI is InChI=1S/C22H14ClFN2O2S/c23-14-10-12-16(13-11-14)29-20-19(25-18-9-5-4-8-17(18)24)21(27)26(22(20)28)15-6-2-1-3-7-15/h1-13,25H. The van der Waals surface area contributed by atoms with E-state index in [1.54, 1.807) is 66.7 Å². The zero-order chi connectivity index (χ0) is 20.4. The second-order valence-electron chi connectivity index (χ2n) is 6.15. The average Bonchev–Trinajstić information content (AvgIpc) is 2.96. The number of hydrogen-bond donors (Lipinski definition) is 1. The maximum absolute atomic E-state index is 14.2. The van der Waals surface area contributed by atoms with E-state index in [2.05, 4.69) is 5.32 Å². The summed E-state index contributed by atoms with van der Waals surface area (Å²) in [6.07, 6.45) is 0. The fourth-order valence-corrected chi connectivity index (χ4v) is 3.90. The molecule has 0 radical (unpaired) electrons. The molecule has 2 amide bonds. The molecule has 29 heavy (non-hydrogen) atoms. The minimum atomic E-state index is -0.541. The first-order valence-corrected chi connectivity index (χ1v) is 9.87. The van der Waals surface area contributed by atoms with Gasteiger partial charge in [-0.2, -0.15) is 0 Å². The van der Waals surface area contributed by atoms with Crippen molar-refractivity contribution in [2.45, 2.75) is 4.90 Å².